The van der Waals surface area contributed by atoms with Crippen molar-refractivity contribution >= 4 is 26.7 Å². The van der Waals surface area contributed by atoms with Crippen molar-refractivity contribution in [1.29, 1.82) is 0 Å². The van der Waals surface area contributed by atoms with Crippen LogP contribution in [0.4, 0.5) is 0 Å². The van der Waals surface area contributed by atoms with E-state index < -0.39 is 15.9 Å². The average molecular weight is 424 g/mol. The van der Waals surface area contributed by atoms with Crippen molar-refractivity contribution in [3.8, 4) is 12.3 Å². The molecule has 0 saturated carbocycles. The normalized spacial score (nSPS) is 11.4. The van der Waals surface area contributed by atoms with Crippen molar-refractivity contribution in [1.82, 2.24) is 19.4 Å². The van der Waals surface area contributed by atoms with E-state index in [0.29, 0.717) is 22.0 Å². The summed E-state index contributed by atoms with van der Waals surface area (Å²) < 4.78 is 26.6. The van der Waals surface area contributed by atoms with E-state index in [4.69, 9.17) is 6.42 Å². The van der Waals surface area contributed by atoms with E-state index in [0.717, 1.165) is 4.31 Å². The molecular formula is C21H20N4O4S. The number of terminal acetylenes is 1. The Balaban J connectivity index is 1.85. The van der Waals surface area contributed by atoms with Crippen LogP contribution in [0.1, 0.15) is 16.1 Å². The van der Waals surface area contributed by atoms with E-state index in [2.05, 4.69) is 16.3 Å². The Hall–Kier alpha value is -3.48. The van der Waals surface area contributed by atoms with Crippen LogP contribution in [0.3, 0.4) is 0 Å². The molecule has 0 unspecified atom stereocenters. The summed E-state index contributed by atoms with van der Waals surface area (Å²) in [6.07, 6.45) is 5.32. The first kappa shape index (κ1) is 21.2. The molecule has 3 rings (SSSR count). The van der Waals surface area contributed by atoms with Gasteiger partial charge in [-0.3, -0.25) is 9.59 Å². The summed E-state index contributed by atoms with van der Waals surface area (Å²) in [4.78, 5) is 25.1. The first-order valence-electron chi connectivity index (χ1n) is 8.98. The molecule has 0 atom stereocenters. The maximum absolute atomic E-state index is 12.5. The standard InChI is InChI=1S/C21H20N4O4S/c1-4-13-25-21(27)18-8-6-5-7-17(18)19(23-25)14-22-20(26)15-9-11-16(12-10-15)30(28,29)24(2)3/h1,5-12H,13-14H2,2-3H3,(H,22,26). The highest BCUT2D eigenvalue weighted by Crippen LogP contribution is 2.15. The number of aromatic nitrogens is 2. The smallest absolute Gasteiger partial charge is 0.275 e. The van der Waals surface area contributed by atoms with Crippen molar-refractivity contribution in [3.63, 3.8) is 0 Å². The van der Waals surface area contributed by atoms with Crippen molar-refractivity contribution in [2.24, 2.45) is 0 Å². The molecule has 0 aliphatic carbocycles. The van der Waals surface area contributed by atoms with Crippen LogP contribution in [-0.2, 0) is 23.1 Å². The number of hydrogen-bond donors (Lipinski definition) is 1. The predicted octanol–water partition coefficient (Wildman–Crippen LogP) is 1.21. The summed E-state index contributed by atoms with van der Waals surface area (Å²) in [5.74, 6) is 1.99. The zero-order valence-corrected chi connectivity index (χ0v) is 17.3. The number of nitrogens with zero attached hydrogens (tertiary/aromatic N) is 3. The highest BCUT2D eigenvalue weighted by Gasteiger charge is 2.18. The van der Waals surface area contributed by atoms with Gasteiger partial charge in [0.25, 0.3) is 11.5 Å². The third-order valence-corrected chi connectivity index (χ3v) is 6.33. The zero-order chi connectivity index (χ0) is 21.9. The van der Waals surface area contributed by atoms with Crippen LogP contribution in [0.25, 0.3) is 10.8 Å². The van der Waals surface area contributed by atoms with Crippen LogP contribution in [0.5, 0.6) is 0 Å². The number of sulfonamides is 1. The van der Waals surface area contributed by atoms with E-state index in [1.165, 1.54) is 43.0 Å². The van der Waals surface area contributed by atoms with Gasteiger partial charge in [0.15, 0.2) is 0 Å². The van der Waals surface area contributed by atoms with Gasteiger partial charge in [-0.25, -0.2) is 17.4 Å². The number of carbonyl (C=O) groups is 1. The number of rotatable bonds is 6. The van der Waals surface area contributed by atoms with Crippen LogP contribution in [0, 0.1) is 12.3 Å². The van der Waals surface area contributed by atoms with Crippen LogP contribution < -0.4 is 10.9 Å². The number of hydrogen-bond acceptors (Lipinski definition) is 5. The summed E-state index contributed by atoms with van der Waals surface area (Å²) in [6.45, 7) is 0.0916. The van der Waals surface area contributed by atoms with Crippen LogP contribution in [0.15, 0.2) is 58.2 Å². The van der Waals surface area contributed by atoms with Crippen molar-refractivity contribution in [2.75, 3.05) is 14.1 Å². The maximum atomic E-state index is 12.5. The van der Waals surface area contributed by atoms with Gasteiger partial charge in [0.1, 0.15) is 6.54 Å². The molecule has 9 heteroatoms. The molecule has 1 heterocycles. The van der Waals surface area contributed by atoms with Crippen molar-refractivity contribution in [3.05, 3.63) is 70.1 Å². The topological polar surface area (TPSA) is 101 Å². The first-order chi connectivity index (χ1) is 14.3. The Morgan fingerprint density at radius 2 is 1.77 bits per heavy atom. The molecule has 154 valence electrons. The summed E-state index contributed by atoms with van der Waals surface area (Å²) in [5.41, 5.74) is 0.505. The van der Waals surface area contributed by atoms with Crippen LogP contribution in [-0.4, -0.2) is 42.5 Å². The molecule has 1 amide bonds. The fourth-order valence-electron chi connectivity index (χ4n) is 2.88. The number of amides is 1. The van der Waals surface area contributed by atoms with Gasteiger partial charge in [0.2, 0.25) is 10.0 Å². The lowest BCUT2D eigenvalue weighted by Gasteiger charge is -2.12. The SMILES string of the molecule is C#CCn1nc(CNC(=O)c2ccc(S(=O)(=O)N(C)C)cc2)c2ccccc2c1=O. The van der Waals surface area contributed by atoms with E-state index in [1.807, 2.05) is 0 Å². The van der Waals surface area contributed by atoms with E-state index in [-0.39, 0.29) is 23.5 Å². The van der Waals surface area contributed by atoms with Gasteiger partial charge in [-0.15, -0.1) is 6.42 Å². The number of carbonyl (C=O) groups excluding carboxylic acids is 1. The summed E-state index contributed by atoms with van der Waals surface area (Å²) in [6, 6.07) is 12.6. The summed E-state index contributed by atoms with van der Waals surface area (Å²) >= 11 is 0. The summed E-state index contributed by atoms with van der Waals surface area (Å²) in [5, 5.41) is 8.12. The fraction of sp³-hybridized carbons (Fsp3) is 0.190. The molecule has 2 aromatic carbocycles. The molecule has 3 aromatic rings. The second-order valence-corrected chi connectivity index (χ2v) is 8.81. The van der Waals surface area contributed by atoms with E-state index in [9.17, 15) is 18.0 Å². The molecule has 0 saturated heterocycles. The maximum Gasteiger partial charge on any atom is 0.275 e. The predicted molar refractivity (Wildman–Crippen MR) is 113 cm³/mol. The Labute approximate surface area is 174 Å². The van der Waals surface area contributed by atoms with Gasteiger partial charge in [0.05, 0.1) is 22.5 Å². The Morgan fingerprint density at radius 1 is 1.13 bits per heavy atom. The van der Waals surface area contributed by atoms with E-state index in [1.54, 1.807) is 24.3 Å². The summed E-state index contributed by atoms with van der Waals surface area (Å²) in [7, 11) is -0.695. The zero-order valence-electron chi connectivity index (χ0n) is 16.5. The van der Waals surface area contributed by atoms with Crippen molar-refractivity contribution < 1.29 is 13.2 Å². The van der Waals surface area contributed by atoms with E-state index >= 15 is 0 Å². The highest BCUT2D eigenvalue weighted by molar-refractivity contribution is 7.89. The monoisotopic (exact) mass is 424 g/mol. The number of nitrogens with one attached hydrogen (secondary N) is 1. The van der Waals surface area contributed by atoms with Gasteiger partial charge < -0.3 is 5.32 Å². The molecule has 0 radical (unpaired) electrons. The number of fused-ring (bicyclic) bond motifs is 1. The first-order valence-corrected chi connectivity index (χ1v) is 10.4. The molecule has 30 heavy (non-hydrogen) atoms. The second kappa shape index (κ2) is 8.49. The largest absolute Gasteiger partial charge is 0.346 e. The van der Waals surface area contributed by atoms with Crippen LogP contribution in [0.2, 0.25) is 0 Å². The van der Waals surface area contributed by atoms with Crippen molar-refractivity contribution in [2.45, 2.75) is 18.0 Å². The quantitative estimate of drug-likeness (QED) is 0.600. The Bertz CT molecular complexity index is 1300. The lowest BCUT2D eigenvalue weighted by molar-refractivity contribution is 0.0950. The van der Waals surface area contributed by atoms with Gasteiger partial charge >= 0.3 is 0 Å². The third-order valence-electron chi connectivity index (χ3n) is 4.50. The molecule has 1 N–H and O–H groups in total. The molecule has 1 aromatic heterocycles. The minimum atomic E-state index is -3.57. The minimum absolute atomic E-state index is 0.0203. The van der Waals surface area contributed by atoms with Gasteiger partial charge in [0, 0.05) is 25.0 Å². The Kier molecular flexibility index (Phi) is 6.01. The fourth-order valence-corrected chi connectivity index (χ4v) is 3.79. The molecule has 0 aliphatic rings. The molecule has 8 nitrogen and oxygen atoms in total. The minimum Gasteiger partial charge on any atom is -0.346 e. The molecular weight excluding hydrogens is 404 g/mol. The number of benzene rings is 2. The molecule has 0 aliphatic heterocycles. The van der Waals surface area contributed by atoms with Gasteiger partial charge in [-0.2, -0.15) is 5.10 Å². The molecule has 0 spiro atoms. The molecule has 0 bridgehead atoms. The van der Waals surface area contributed by atoms with Gasteiger partial charge in [-0.05, 0) is 30.3 Å². The lowest BCUT2D eigenvalue weighted by Crippen LogP contribution is -2.28. The average Bonchev–Trinajstić information content (AvgIpc) is 2.74. The highest BCUT2D eigenvalue weighted by atomic mass is 32.2. The molecule has 0 fully saturated rings. The van der Waals surface area contributed by atoms with Crippen LogP contribution >= 0.6 is 0 Å². The Morgan fingerprint density at radius 3 is 2.37 bits per heavy atom. The second-order valence-electron chi connectivity index (χ2n) is 6.65. The van der Waals surface area contributed by atoms with Gasteiger partial charge in [-0.1, -0.05) is 24.1 Å². The third kappa shape index (κ3) is 4.10. The lowest BCUT2D eigenvalue weighted by atomic mass is 10.1.